The molecule has 9 heteroatoms. The van der Waals surface area contributed by atoms with E-state index >= 15 is 0 Å². The monoisotopic (exact) mass is 433 g/mol. The first-order chi connectivity index (χ1) is 15.0. The van der Waals surface area contributed by atoms with Crippen molar-refractivity contribution in [2.24, 2.45) is 0 Å². The van der Waals surface area contributed by atoms with E-state index in [9.17, 15) is 9.59 Å². The molecule has 0 radical (unpaired) electrons. The molecule has 1 aromatic rings. The third-order valence-electron chi connectivity index (χ3n) is 5.76. The van der Waals surface area contributed by atoms with Gasteiger partial charge >= 0.3 is 11.8 Å². The summed E-state index contributed by atoms with van der Waals surface area (Å²) in [6.45, 7) is 7.61. The molecule has 0 aliphatic carbocycles. The van der Waals surface area contributed by atoms with E-state index in [1.165, 1.54) is 0 Å². The van der Waals surface area contributed by atoms with Crippen LogP contribution in [-0.2, 0) is 19.1 Å². The van der Waals surface area contributed by atoms with Gasteiger partial charge in [0.2, 0.25) is 0 Å². The number of carbonyl (C=O) groups is 2. The standard InChI is InChI=1S/C22H35N5O4/c1-25(2)19-5-3-18(4-6-19)20(27-11-15-31-16-12-27)17-24-22(29)21(28)23-7-8-26-9-13-30-14-10-26/h3-6,20H,7-17H2,1-2H3,(H,23,28)(H,24,29). The van der Waals surface area contributed by atoms with Gasteiger partial charge < -0.3 is 25.0 Å². The van der Waals surface area contributed by atoms with Crippen molar-refractivity contribution in [3.63, 3.8) is 0 Å². The fourth-order valence-corrected chi connectivity index (χ4v) is 3.84. The average Bonchev–Trinajstić information content (AvgIpc) is 2.80. The lowest BCUT2D eigenvalue weighted by Crippen LogP contribution is -2.48. The van der Waals surface area contributed by atoms with E-state index in [2.05, 4.69) is 49.6 Å². The van der Waals surface area contributed by atoms with Crippen molar-refractivity contribution in [2.45, 2.75) is 6.04 Å². The maximum absolute atomic E-state index is 12.4. The van der Waals surface area contributed by atoms with Crippen LogP contribution in [0.3, 0.4) is 0 Å². The molecule has 2 fully saturated rings. The third kappa shape index (κ3) is 7.17. The van der Waals surface area contributed by atoms with E-state index in [-0.39, 0.29) is 6.04 Å². The van der Waals surface area contributed by atoms with Gasteiger partial charge in [0.15, 0.2) is 0 Å². The van der Waals surface area contributed by atoms with Crippen LogP contribution in [0.1, 0.15) is 11.6 Å². The van der Waals surface area contributed by atoms with Crippen LogP contribution in [0.2, 0.25) is 0 Å². The molecule has 1 unspecified atom stereocenters. The highest BCUT2D eigenvalue weighted by Crippen LogP contribution is 2.23. The molecule has 0 saturated carbocycles. The van der Waals surface area contributed by atoms with Crippen molar-refractivity contribution >= 4 is 17.5 Å². The van der Waals surface area contributed by atoms with Gasteiger partial charge in [0.05, 0.1) is 32.5 Å². The van der Waals surface area contributed by atoms with Crippen LogP contribution in [0.5, 0.6) is 0 Å². The first kappa shape index (κ1) is 23.5. The first-order valence-corrected chi connectivity index (χ1v) is 11.0. The molecule has 2 heterocycles. The molecule has 3 rings (SSSR count). The Hall–Kier alpha value is -2.20. The number of rotatable bonds is 8. The predicted octanol–water partition coefficient (Wildman–Crippen LogP) is -0.309. The number of carbonyl (C=O) groups excluding carboxylic acids is 2. The Morgan fingerprint density at radius 1 is 0.935 bits per heavy atom. The van der Waals surface area contributed by atoms with E-state index in [4.69, 9.17) is 9.47 Å². The average molecular weight is 434 g/mol. The molecule has 2 aliphatic rings. The summed E-state index contributed by atoms with van der Waals surface area (Å²) in [6, 6.07) is 8.31. The predicted molar refractivity (Wildman–Crippen MR) is 119 cm³/mol. The molecule has 2 aliphatic heterocycles. The topological polar surface area (TPSA) is 86.4 Å². The van der Waals surface area contributed by atoms with Crippen molar-refractivity contribution in [1.29, 1.82) is 0 Å². The Labute approximate surface area is 184 Å². The second-order valence-electron chi connectivity index (χ2n) is 8.07. The van der Waals surface area contributed by atoms with Gasteiger partial charge in [0.25, 0.3) is 0 Å². The normalized spacial score (nSPS) is 18.9. The second kappa shape index (κ2) is 12.0. The molecule has 0 spiro atoms. The van der Waals surface area contributed by atoms with Crippen molar-refractivity contribution in [3.05, 3.63) is 29.8 Å². The molecule has 2 saturated heterocycles. The number of ether oxygens (including phenoxy) is 2. The summed E-state index contributed by atoms with van der Waals surface area (Å²) in [6.07, 6.45) is 0. The van der Waals surface area contributed by atoms with Crippen LogP contribution in [0, 0.1) is 0 Å². The molecule has 172 valence electrons. The molecule has 2 amide bonds. The van der Waals surface area contributed by atoms with Gasteiger partial charge in [-0.3, -0.25) is 19.4 Å². The highest BCUT2D eigenvalue weighted by molar-refractivity contribution is 6.35. The number of benzene rings is 1. The zero-order chi connectivity index (χ0) is 22.1. The fraction of sp³-hybridized carbons (Fsp3) is 0.636. The number of anilines is 1. The van der Waals surface area contributed by atoms with Crippen molar-refractivity contribution < 1.29 is 19.1 Å². The highest BCUT2D eigenvalue weighted by Gasteiger charge is 2.24. The van der Waals surface area contributed by atoms with E-state index in [0.717, 1.165) is 44.0 Å². The quantitative estimate of drug-likeness (QED) is 0.544. The molecular formula is C22H35N5O4. The van der Waals surface area contributed by atoms with Gasteiger partial charge in [0, 0.05) is 65.6 Å². The van der Waals surface area contributed by atoms with E-state index in [1.807, 2.05) is 14.1 Å². The lowest BCUT2D eigenvalue weighted by molar-refractivity contribution is -0.139. The Morgan fingerprint density at radius 3 is 2.13 bits per heavy atom. The molecule has 0 aromatic heterocycles. The summed E-state index contributed by atoms with van der Waals surface area (Å²) < 4.78 is 10.8. The molecular weight excluding hydrogens is 398 g/mol. The molecule has 2 N–H and O–H groups in total. The zero-order valence-electron chi connectivity index (χ0n) is 18.6. The van der Waals surface area contributed by atoms with Gasteiger partial charge in [-0.15, -0.1) is 0 Å². The largest absolute Gasteiger partial charge is 0.379 e. The summed E-state index contributed by atoms with van der Waals surface area (Å²) in [4.78, 5) is 31.2. The number of morpholine rings is 2. The molecule has 9 nitrogen and oxygen atoms in total. The van der Waals surface area contributed by atoms with E-state index in [0.29, 0.717) is 39.5 Å². The van der Waals surface area contributed by atoms with Gasteiger partial charge in [-0.1, -0.05) is 12.1 Å². The fourth-order valence-electron chi connectivity index (χ4n) is 3.84. The van der Waals surface area contributed by atoms with E-state index < -0.39 is 11.8 Å². The highest BCUT2D eigenvalue weighted by atomic mass is 16.5. The van der Waals surface area contributed by atoms with E-state index in [1.54, 1.807) is 0 Å². The number of amides is 2. The van der Waals surface area contributed by atoms with Gasteiger partial charge in [-0.05, 0) is 17.7 Å². The lowest BCUT2D eigenvalue weighted by Gasteiger charge is -2.35. The van der Waals surface area contributed by atoms with Crippen LogP contribution in [-0.4, -0.2) is 108 Å². The van der Waals surface area contributed by atoms with Crippen LogP contribution in [0.25, 0.3) is 0 Å². The maximum Gasteiger partial charge on any atom is 0.309 e. The summed E-state index contributed by atoms with van der Waals surface area (Å²) in [5.74, 6) is -1.18. The minimum Gasteiger partial charge on any atom is -0.379 e. The van der Waals surface area contributed by atoms with Crippen LogP contribution >= 0.6 is 0 Å². The minimum atomic E-state index is -0.592. The number of hydrogen-bond acceptors (Lipinski definition) is 7. The molecule has 1 aromatic carbocycles. The second-order valence-corrected chi connectivity index (χ2v) is 8.07. The Kier molecular flexibility index (Phi) is 9.08. The van der Waals surface area contributed by atoms with Crippen molar-refractivity contribution in [1.82, 2.24) is 20.4 Å². The number of hydrogen-bond donors (Lipinski definition) is 2. The van der Waals surface area contributed by atoms with Crippen LogP contribution in [0.4, 0.5) is 5.69 Å². The Balaban J connectivity index is 1.52. The van der Waals surface area contributed by atoms with Gasteiger partial charge in [0.1, 0.15) is 0 Å². The van der Waals surface area contributed by atoms with Gasteiger partial charge in [-0.25, -0.2) is 0 Å². The van der Waals surface area contributed by atoms with Crippen LogP contribution < -0.4 is 15.5 Å². The smallest absolute Gasteiger partial charge is 0.309 e. The Morgan fingerprint density at radius 2 is 1.52 bits per heavy atom. The Bertz CT molecular complexity index is 700. The van der Waals surface area contributed by atoms with Gasteiger partial charge in [-0.2, -0.15) is 0 Å². The SMILES string of the molecule is CN(C)c1ccc(C(CNC(=O)C(=O)NCCN2CCOCC2)N2CCOCC2)cc1. The van der Waals surface area contributed by atoms with Crippen molar-refractivity contribution in [3.8, 4) is 0 Å². The summed E-state index contributed by atoms with van der Waals surface area (Å²) in [5, 5.41) is 5.55. The third-order valence-corrected chi connectivity index (χ3v) is 5.76. The maximum atomic E-state index is 12.4. The number of nitrogens with one attached hydrogen (secondary N) is 2. The molecule has 1 atom stereocenters. The number of nitrogens with zero attached hydrogens (tertiary/aromatic N) is 3. The summed E-state index contributed by atoms with van der Waals surface area (Å²) in [5.41, 5.74) is 2.23. The summed E-state index contributed by atoms with van der Waals surface area (Å²) >= 11 is 0. The summed E-state index contributed by atoms with van der Waals surface area (Å²) in [7, 11) is 4.01. The molecule has 31 heavy (non-hydrogen) atoms. The first-order valence-electron chi connectivity index (χ1n) is 11.0. The lowest BCUT2D eigenvalue weighted by atomic mass is 10.0. The minimum absolute atomic E-state index is 0.00906. The molecule has 0 bridgehead atoms. The zero-order valence-corrected chi connectivity index (χ0v) is 18.6. The van der Waals surface area contributed by atoms with Crippen LogP contribution in [0.15, 0.2) is 24.3 Å². The van der Waals surface area contributed by atoms with Crippen molar-refractivity contribution in [2.75, 3.05) is 91.2 Å².